The highest BCUT2D eigenvalue weighted by Crippen LogP contribution is 2.21. The van der Waals surface area contributed by atoms with Gasteiger partial charge in [0.05, 0.1) is 22.8 Å². The second-order valence-electron chi connectivity index (χ2n) is 6.88. The zero-order valence-electron chi connectivity index (χ0n) is 16.4. The van der Waals surface area contributed by atoms with Crippen LogP contribution in [0.15, 0.2) is 60.8 Å². The first-order valence-corrected chi connectivity index (χ1v) is 10.9. The quantitative estimate of drug-likeness (QED) is 0.481. The van der Waals surface area contributed by atoms with Crippen LogP contribution in [0, 0.1) is 6.92 Å². The van der Waals surface area contributed by atoms with Crippen LogP contribution in [0.25, 0.3) is 16.7 Å². The summed E-state index contributed by atoms with van der Waals surface area (Å²) in [6.07, 6.45) is 4.63. The standard InChI is InChI=1S/C22H23N5OS/c1-15-11-13-23-27(15)17-9-7-16(8-10-17)22(28)26-20(12-14-29-2)21-24-18-5-3-4-6-19(18)25-21/h3-11,13,20H,12,14H2,1-2H3,(H,24,25)(H,26,28)/t20-/m1/s1. The lowest BCUT2D eigenvalue weighted by atomic mass is 10.1. The Bertz CT molecular complexity index is 1080. The van der Waals surface area contributed by atoms with E-state index < -0.39 is 0 Å². The molecule has 0 fully saturated rings. The second-order valence-corrected chi connectivity index (χ2v) is 7.86. The van der Waals surface area contributed by atoms with Crippen LogP contribution >= 0.6 is 11.8 Å². The highest BCUT2D eigenvalue weighted by atomic mass is 32.2. The van der Waals surface area contributed by atoms with E-state index >= 15 is 0 Å². The fraction of sp³-hybridized carbons (Fsp3) is 0.227. The van der Waals surface area contributed by atoms with Gasteiger partial charge < -0.3 is 10.3 Å². The van der Waals surface area contributed by atoms with Gasteiger partial charge >= 0.3 is 0 Å². The first-order chi connectivity index (χ1) is 14.2. The number of aromatic nitrogens is 4. The Labute approximate surface area is 173 Å². The van der Waals surface area contributed by atoms with E-state index in [1.165, 1.54) is 0 Å². The number of aryl methyl sites for hydroxylation is 1. The number of amides is 1. The molecule has 0 unspecified atom stereocenters. The smallest absolute Gasteiger partial charge is 0.251 e. The van der Waals surface area contributed by atoms with Crippen molar-refractivity contribution >= 4 is 28.7 Å². The summed E-state index contributed by atoms with van der Waals surface area (Å²) in [5.41, 5.74) is 4.47. The van der Waals surface area contributed by atoms with Crippen LogP contribution in [0.5, 0.6) is 0 Å². The monoisotopic (exact) mass is 405 g/mol. The van der Waals surface area contributed by atoms with Gasteiger partial charge in [0.2, 0.25) is 0 Å². The van der Waals surface area contributed by atoms with Gasteiger partial charge in [-0.15, -0.1) is 0 Å². The summed E-state index contributed by atoms with van der Waals surface area (Å²) in [7, 11) is 0. The van der Waals surface area contributed by atoms with E-state index in [4.69, 9.17) is 0 Å². The van der Waals surface area contributed by atoms with Crippen molar-refractivity contribution in [2.75, 3.05) is 12.0 Å². The Morgan fingerprint density at radius 1 is 1.17 bits per heavy atom. The third-order valence-corrected chi connectivity index (χ3v) is 5.50. The van der Waals surface area contributed by atoms with Gasteiger partial charge in [0.25, 0.3) is 5.91 Å². The lowest BCUT2D eigenvalue weighted by Crippen LogP contribution is -2.29. The molecule has 2 heterocycles. The van der Waals surface area contributed by atoms with Gasteiger partial charge in [0.15, 0.2) is 0 Å². The molecule has 148 valence electrons. The normalized spacial score (nSPS) is 12.2. The Balaban J connectivity index is 1.54. The predicted molar refractivity (Wildman–Crippen MR) is 118 cm³/mol. The number of benzene rings is 2. The number of thioether (sulfide) groups is 1. The Kier molecular flexibility index (Phi) is 5.67. The van der Waals surface area contributed by atoms with Gasteiger partial charge in [-0.2, -0.15) is 16.9 Å². The number of para-hydroxylation sites is 2. The highest BCUT2D eigenvalue weighted by molar-refractivity contribution is 7.98. The van der Waals surface area contributed by atoms with E-state index in [1.54, 1.807) is 18.0 Å². The van der Waals surface area contributed by atoms with Crippen LogP contribution in [0.2, 0.25) is 0 Å². The summed E-state index contributed by atoms with van der Waals surface area (Å²) >= 11 is 1.75. The summed E-state index contributed by atoms with van der Waals surface area (Å²) in [6, 6.07) is 17.2. The number of hydrogen-bond donors (Lipinski definition) is 2. The average molecular weight is 406 g/mol. The number of fused-ring (bicyclic) bond motifs is 1. The number of carbonyl (C=O) groups excluding carboxylic acids is 1. The van der Waals surface area contributed by atoms with E-state index in [0.29, 0.717) is 5.56 Å². The molecule has 0 radical (unpaired) electrons. The van der Waals surface area contributed by atoms with Crippen molar-refractivity contribution in [3.05, 3.63) is 77.9 Å². The van der Waals surface area contributed by atoms with Crippen molar-refractivity contribution in [1.29, 1.82) is 0 Å². The number of carbonyl (C=O) groups is 1. The molecule has 1 atom stereocenters. The van der Waals surface area contributed by atoms with Crippen molar-refractivity contribution in [3.63, 3.8) is 0 Å². The van der Waals surface area contributed by atoms with Crippen LogP contribution in [-0.4, -0.2) is 37.7 Å². The molecule has 0 aliphatic carbocycles. The minimum absolute atomic E-state index is 0.111. The molecule has 0 aliphatic rings. The number of rotatable bonds is 7. The maximum Gasteiger partial charge on any atom is 0.251 e. The Morgan fingerprint density at radius 2 is 1.97 bits per heavy atom. The number of aromatic amines is 1. The fourth-order valence-corrected chi connectivity index (χ4v) is 3.76. The van der Waals surface area contributed by atoms with Gasteiger partial charge in [0.1, 0.15) is 5.82 Å². The number of nitrogens with zero attached hydrogens (tertiary/aromatic N) is 3. The summed E-state index contributed by atoms with van der Waals surface area (Å²) in [6.45, 7) is 2.00. The SMILES string of the molecule is CSCC[C@@H](NC(=O)c1ccc(-n2nccc2C)cc1)c1nc2ccccc2[nH]1. The second kappa shape index (κ2) is 8.53. The molecule has 2 aromatic carbocycles. The molecule has 0 bridgehead atoms. The van der Waals surface area contributed by atoms with Gasteiger partial charge in [-0.3, -0.25) is 4.79 Å². The fourth-order valence-electron chi connectivity index (χ4n) is 3.29. The predicted octanol–water partition coefficient (Wildman–Crippen LogP) is 4.28. The average Bonchev–Trinajstić information content (AvgIpc) is 3.37. The van der Waals surface area contributed by atoms with Crippen molar-refractivity contribution in [2.24, 2.45) is 0 Å². The van der Waals surface area contributed by atoms with Crippen LogP contribution < -0.4 is 5.32 Å². The summed E-state index contributed by atoms with van der Waals surface area (Å²) in [5, 5.41) is 7.45. The number of nitrogens with one attached hydrogen (secondary N) is 2. The first-order valence-electron chi connectivity index (χ1n) is 9.51. The molecule has 0 spiro atoms. The number of hydrogen-bond acceptors (Lipinski definition) is 4. The van der Waals surface area contributed by atoms with Gasteiger partial charge in [-0.1, -0.05) is 12.1 Å². The van der Waals surface area contributed by atoms with Crippen LogP contribution in [0.3, 0.4) is 0 Å². The topological polar surface area (TPSA) is 75.6 Å². The minimum Gasteiger partial charge on any atom is -0.342 e. The number of imidazole rings is 1. The maximum atomic E-state index is 12.9. The zero-order valence-corrected chi connectivity index (χ0v) is 17.2. The molecule has 6 nitrogen and oxygen atoms in total. The van der Waals surface area contributed by atoms with Gasteiger partial charge in [-0.05, 0) is 67.8 Å². The maximum absolute atomic E-state index is 12.9. The van der Waals surface area contributed by atoms with Crippen LogP contribution in [0.4, 0.5) is 0 Å². The molecule has 7 heteroatoms. The molecule has 1 amide bonds. The van der Waals surface area contributed by atoms with E-state index in [-0.39, 0.29) is 11.9 Å². The largest absolute Gasteiger partial charge is 0.342 e. The molecule has 2 aromatic heterocycles. The van der Waals surface area contributed by atoms with E-state index in [0.717, 1.165) is 40.4 Å². The highest BCUT2D eigenvalue weighted by Gasteiger charge is 2.19. The lowest BCUT2D eigenvalue weighted by Gasteiger charge is -2.16. The molecule has 0 aliphatic heterocycles. The molecular weight excluding hydrogens is 382 g/mol. The summed E-state index contributed by atoms with van der Waals surface area (Å²) in [4.78, 5) is 20.9. The number of H-pyrrole nitrogens is 1. The van der Waals surface area contributed by atoms with Crippen molar-refractivity contribution in [2.45, 2.75) is 19.4 Å². The molecule has 4 rings (SSSR count). The van der Waals surface area contributed by atoms with Crippen molar-refractivity contribution < 1.29 is 4.79 Å². The van der Waals surface area contributed by atoms with Crippen molar-refractivity contribution in [3.8, 4) is 5.69 Å². The van der Waals surface area contributed by atoms with Crippen LogP contribution in [0.1, 0.15) is 34.3 Å². The zero-order chi connectivity index (χ0) is 20.2. The molecule has 4 aromatic rings. The van der Waals surface area contributed by atoms with E-state index in [9.17, 15) is 4.79 Å². The first kappa shape index (κ1) is 19.3. The molecule has 2 N–H and O–H groups in total. The minimum atomic E-state index is -0.171. The molecule has 0 saturated carbocycles. The van der Waals surface area contributed by atoms with Crippen molar-refractivity contribution in [1.82, 2.24) is 25.1 Å². The lowest BCUT2D eigenvalue weighted by molar-refractivity contribution is 0.0934. The third kappa shape index (κ3) is 4.19. The summed E-state index contributed by atoms with van der Waals surface area (Å²) < 4.78 is 1.84. The van der Waals surface area contributed by atoms with Crippen LogP contribution in [-0.2, 0) is 0 Å². The molecule has 0 saturated heterocycles. The molecular formula is C22H23N5OS. The van der Waals surface area contributed by atoms with E-state index in [1.807, 2.05) is 66.2 Å². The Morgan fingerprint density at radius 3 is 2.66 bits per heavy atom. The molecule has 29 heavy (non-hydrogen) atoms. The third-order valence-electron chi connectivity index (χ3n) is 4.86. The van der Waals surface area contributed by atoms with Gasteiger partial charge in [-0.25, -0.2) is 9.67 Å². The van der Waals surface area contributed by atoms with Gasteiger partial charge in [0, 0.05) is 17.5 Å². The summed E-state index contributed by atoms with van der Waals surface area (Å²) in [5.74, 6) is 1.61. The Hall–Kier alpha value is -3.06. The van der Waals surface area contributed by atoms with E-state index in [2.05, 4.69) is 26.6 Å².